The second kappa shape index (κ2) is 10.2. The van der Waals surface area contributed by atoms with Crippen LogP contribution >= 0.6 is 11.3 Å². The highest BCUT2D eigenvalue weighted by molar-refractivity contribution is 7.26. The number of nitrogens with zero attached hydrogens (tertiary/aromatic N) is 2. The number of hydrogen-bond donors (Lipinski definition) is 0. The Hall–Kier alpha value is -6.16. The Morgan fingerprint density at radius 2 is 0.878 bits per heavy atom. The topological polar surface area (TPSA) is 9.86 Å². The van der Waals surface area contributed by atoms with Gasteiger partial charge in [-0.1, -0.05) is 109 Å². The maximum Gasteiger partial charge on any atom is 0.0547 e. The molecule has 0 N–H and O–H groups in total. The second-order valence-corrected chi connectivity index (χ2v) is 14.0. The summed E-state index contributed by atoms with van der Waals surface area (Å²) in [6, 6.07) is 62.3. The molecule has 11 aromatic rings. The molecule has 0 amide bonds. The molecule has 0 unspecified atom stereocenters. The van der Waals surface area contributed by atoms with Crippen LogP contribution in [0.5, 0.6) is 0 Å². The van der Waals surface area contributed by atoms with E-state index in [1.165, 1.54) is 97.1 Å². The lowest BCUT2D eigenvalue weighted by atomic mass is 10.0. The standard InChI is InChI=1S/C46H28N2S/c1-2-10-31(11-3-1)47-40-15-7-4-12-33(40)39-28-30(20-26-42(39)47)29-18-21-32(22-19-29)48-41-16-8-5-14-38(41)45-35-23-24-36-34-13-6-9-17-44(34)49-46(36)37(35)25-27-43(45)48/h1-28H. The first kappa shape index (κ1) is 26.9. The van der Waals surface area contributed by atoms with Crippen molar-refractivity contribution >= 4 is 85.9 Å². The Kier molecular flexibility index (Phi) is 5.57. The van der Waals surface area contributed by atoms with Gasteiger partial charge >= 0.3 is 0 Å². The fraction of sp³-hybridized carbons (Fsp3) is 0. The molecule has 0 aliphatic heterocycles. The van der Waals surface area contributed by atoms with Gasteiger partial charge in [-0.2, -0.15) is 0 Å². The van der Waals surface area contributed by atoms with Crippen molar-refractivity contribution in [1.82, 2.24) is 9.13 Å². The summed E-state index contributed by atoms with van der Waals surface area (Å²) in [7, 11) is 0. The quantitative estimate of drug-likeness (QED) is 0.182. The van der Waals surface area contributed by atoms with Crippen LogP contribution in [-0.4, -0.2) is 9.13 Å². The van der Waals surface area contributed by atoms with E-state index < -0.39 is 0 Å². The summed E-state index contributed by atoms with van der Waals surface area (Å²) in [5, 5.41) is 10.5. The molecular weight excluding hydrogens is 613 g/mol. The lowest BCUT2D eigenvalue weighted by Crippen LogP contribution is -1.94. The predicted molar refractivity (Wildman–Crippen MR) is 211 cm³/mol. The fourth-order valence-corrected chi connectivity index (χ4v) is 9.38. The summed E-state index contributed by atoms with van der Waals surface area (Å²) < 4.78 is 7.51. The van der Waals surface area contributed by atoms with Crippen LogP contribution in [0, 0.1) is 0 Å². The van der Waals surface area contributed by atoms with Gasteiger partial charge in [-0.05, 0) is 77.2 Å². The molecule has 11 rings (SSSR count). The van der Waals surface area contributed by atoms with E-state index in [2.05, 4.69) is 179 Å². The highest BCUT2D eigenvalue weighted by Crippen LogP contribution is 2.43. The Balaban J connectivity index is 1.07. The van der Waals surface area contributed by atoms with E-state index >= 15 is 0 Å². The minimum atomic E-state index is 1.17. The molecule has 49 heavy (non-hydrogen) atoms. The van der Waals surface area contributed by atoms with Crippen molar-refractivity contribution in [3.63, 3.8) is 0 Å². The zero-order valence-electron chi connectivity index (χ0n) is 26.5. The van der Waals surface area contributed by atoms with E-state index in [-0.39, 0.29) is 0 Å². The van der Waals surface area contributed by atoms with Gasteiger partial charge in [0.15, 0.2) is 0 Å². The molecule has 0 aliphatic rings. The predicted octanol–water partition coefficient (Wildman–Crippen LogP) is 13.1. The van der Waals surface area contributed by atoms with Crippen LogP contribution in [0.1, 0.15) is 0 Å². The van der Waals surface area contributed by atoms with E-state index in [1.54, 1.807) is 0 Å². The average molecular weight is 641 g/mol. The SMILES string of the molecule is c1ccc(-n2c3ccccc3c3cc(-c4ccc(-n5c6ccccc6c6c7ccc8c9ccccc9sc8c7ccc65)cc4)ccc32)cc1. The van der Waals surface area contributed by atoms with Gasteiger partial charge < -0.3 is 9.13 Å². The van der Waals surface area contributed by atoms with Gasteiger partial charge in [-0.25, -0.2) is 0 Å². The van der Waals surface area contributed by atoms with Crippen molar-refractivity contribution < 1.29 is 0 Å². The first-order valence-corrected chi connectivity index (χ1v) is 17.6. The van der Waals surface area contributed by atoms with Crippen LogP contribution in [0.3, 0.4) is 0 Å². The smallest absolute Gasteiger partial charge is 0.0547 e. The fourth-order valence-electron chi connectivity index (χ4n) is 8.14. The molecule has 8 aromatic carbocycles. The maximum atomic E-state index is 2.43. The highest BCUT2D eigenvalue weighted by atomic mass is 32.1. The van der Waals surface area contributed by atoms with E-state index in [0.717, 1.165) is 0 Å². The number of hydrogen-bond acceptors (Lipinski definition) is 1. The lowest BCUT2D eigenvalue weighted by Gasteiger charge is -2.11. The molecule has 3 heterocycles. The van der Waals surface area contributed by atoms with E-state index in [4.69, 9.17) is 0 Å². The molecule has 0 bridgehead atoms. The minimum Gasteiger partial charge on any atom is -0.309 e. The normalized spacial score (nSPS) is 12.1. The van der Waals surface area contributed by atoms with Crippen molar-refractivity contribution in [2.75, 3.05) is 0 Å². The monoisotopic (exact) mass is 640 g/mol. The first-order chi connectivity index (χ1) is 24.3. The molecule has 0 spiro atoms. The first-order valence-electron chi connectivity index (χ1n) is 16.8. The third-order valence-corrected chi connectivity index (χ3v) is 11.5. The molecule has 2 nitrogen and oxygen atoms in total. The van der Waals surface area contributed by atoms with Crippen LogP contribution in [0.4, 0.5) is 0 Å². The number of fused-ring (bicyclic) bond motifs is 12. The number of benzene rings is 8. The molecule has 0 fully saturated rings. The van der Waals surface area contributed by atoms with Crippen LogP contribution < -0.4 is 0 Å². The summed E-state index contributed by atoms with van der Waals surface area (Å²) in [6.07, 6.45) is 0. The summed E-state index contributed by atoms with van der Waals surface area (Å²) in [5.41, 5.74) is 9.68. The van der Waals surface area contributed by atoms with Crippen molar-refractivity contribution in [2.45, 2.75) is 0 Å². The summed E-state index contributed by atoms with van der Waals surface area (Å²) in [6.45, 7) is 0. The molecule has 0 radical (unpaired) electrons. The Morgan fingerprint density at radius 3 is 1.71 bits per heavy atom. The van der Waals surface area contributed by atoms with Gasteiger partial charge in [0.25, 0.3) is 0 Å². The molecule has 0 saturated heterocycles. The molecule has 3 heteroatoms. The Labute approximate surface area is 286 Å². The number of para-hydroxylation sites is 3. The summed E-state index contributed by atoms with van der Waals surface area (Å²) >= 11 is 1.90. The third kappa shape index (κ3) is 3.82. The molecule has 0 atom stereocenters. The van der Waals surface area contributed by atoms with Gasteiger partial charge in [-0.15, -0.1) is 11.3 Å². The maximum absolute atomic E-state index is 2.43. The summed E-state index contributed by atoms with van der Waals surface area (Å²) in [4.78, 5) is 0. The van der Waals surface area contributed by atoms with Gasteiger partial charge in [0.1, 0.15) is 0 Å². The zero-order valence-corrected chi connectivity index (χ0v) is 27.3. The van der Waals surface area contributed by atoms with Crippen molar-refractivity contribution in [3.05, 3.63) is 170 Å². The van der Waals surface area contributed by atoms with Gasteiger partial charge in [-0.3, -0.25) is 0 Å². The van der Waals surface area contributed by atoms with Crippen LogP contribution in [0.2, 0.25) is 0 Å². The van der Waals surface area contributed by atoms with Crippen molar-refractivity contribution in [3.8, 4) is 22.5 Å². The number of aromatic nitrogens is 2. The van der Waals surface area contributed by atoms with Gasteiger partial charge in [0, 0.05) is 58.5 Å². The summed E-state index contributed by atoms with van der Waals surface area (Å²) in [5.74, 6) is 0. The van der Waals surface area contributed by atoms with Gasteiger partial charge in [0.05, 0.1) is 22.1 Å². The Morgan fingerprint density at radius 1 is 0.327 bits per heavy atom. The molecule has 3 aromatic heterocycles. The average Bonchev–Trinajstić information content (AvgIpc) is 3.83. The second-order valence-electron chi connectivity index (χ2n) is 12.9. The highest BCUT2D eigenvalue weighted by Gasteiger charge is 2.18. The van der Waals surface area contributed by atoms with E-state index in [1.807, 2.05) is 11.3 Å². The number of rotatable bonds is 3. The van der Waals surface area contributed by atoms with Crippen LogP contribution in [0.15, 0.2) is 170 Å². The Bertz CT molecular complexity index is 3090. The number of thiophene rings is 1. The zero-order chi connectivity index (χ0) is 32.1. The van der Waals surface area contributed by atoms with E-state index in [0.29, 0.717) is 0 Å². The minimum absolute atomic E-state index is 1.17. The van der Waals surface area contributed by atoms with Crippen molar-refractivity contribution in [1.29, 1.82) is 0 Å². The third-order valence-electron chi connectivity index (χ3n) is 10.3. The molecule has 228 valence electrons. The lowest BCUT2D eigenvalue weighted by molar-refractivity contribution is 1.18. The molecule has 0 saturated carbocycles. The largest absolute Gasteiger partial charge is 0.309 e. The van der Waals surface area contributed by atoms with Gasteiger partial charge in [0.2, 0.25) is 0 Å². The molecular formula is C46H28N2S. The van der Waals surface area contributed by atoms with Crippen LogP contribution in [0.25, 0.3) is 97.1 Å². The van der Waals surface area contributed by atoms with Crippen molar-refractivity contribution in [2.24, 2.45) is 0 Å². The van der Waals surface area contributed by atoms with Crippen LogP contribution in [-0.2, 0) is 0 Å². The van der Waals surface area contributed by atoms with E-state index in [9.17, 15) is 0 Å². The molecule has 0 aliphatic carbocycles.